The normalized spacial score (nSPS) is 13.3. The number of amides is 1. The SMILES string of the molecule is CCOC(=O)c1c(NC(=O)Cc2coc3ccc(CC)cc23)sc2c1CCCC2. The Morgan fingerprint density at radius 2 is 2.03 bits per heavy atom. The van der Waals surface area contributed by atoms with Crippen molar-refractivity contribution >= 4 is 39.2 Å². The molecule has 0 fully saturated rings. The van der Waals surface area contributed by atoms with E-state index < -0.39 is 0 Å². The van der Waals surface area contributed by atoms with E-state index in [-0.39, 0.29) is 18.3 Å². The molecule has 2 aromatic heterocycles. The Bertz CT molecular complexity index is 1060. The van der Waals surface area contributed by atoms with E-state index in [1.165, 1.54) is 21.8 Å². The number of aryl methyl sites for hydroxylation is 2. The third kappa shape index (κ3) is 3.94. The van der Waals surface area contributed by atoms with E-state index in [0.717, 1.165) is 54.2 Å². The van der Waals surface area contributed by atoms with Crippen LogP contribution in [-0.2, 0) is 35.2 Å². The summed E-state index contributed by atoms with van der Waals surface area (Å²) >= 11 is 1.51. The van der Waals surface area contributed by atoms with Gasteiger partial charge in [0.05, 0.1) is 24.9 Å². The number of hydrogen-bond acceptors (Lipinski definition) is 5. The molecular formula is C23H25NO4S. The first kappa shape index (κ1) is 19.7. The average molecular weight is 412 g/mol. The number of thiophene rings is 1. The molecular weight excluding hydrogens is 386 g/mol. The number of benzene rings is 1. The van der Waals surface area contributed by atoms with Gasteiger partial charge in [-0.05, 0) is 62.3 Å². The molecule has 0 saturated heterocycles. The summed E-state index contributed by atoms with van der Waals surface area (Å²) < 4.78 is 10.9. The second-order valence-corrected chi connectivity index (χ2v) is 8.41. The Labute approximate surface area is 174 Å². The summed E-state index contributed by atoms with van der Waals surface area (Å²) in [5, 5.41) is 4.56. The number of hydrogen-bond donors (Lipinski definition) is 1. The first-order valence-corrected chi connectivity index (χ1v) is 11.0. The molecule has 0 radical (unpaired) electrons. The molecule has 0 atom stereocenters. The fourth-order valence-electron chi connectivity index (χ4n) is 3.90. The molecule has 1 aliphatic rings. The maximum Gasteiger partial charge on any atom is 0.341 e. The van der Waals surface area contributed by atoms with E-state index in [9.17, 15) is 9.59 Å². The van der Waals surface area contributed by atoms with Crippen LogP contribution in [0.4, 0.5) is 5.00 Å². The lowest BCUT2D eigenvalue weighted by molar-refractivity contribution is -0.115. The molecule has 1 amide bonds. The van der Waals surface area contributed by atoms with E-state index >= 15 is 0 Å². The number of carbonyl (C=O) groups excluding carboxylic acids is 2. The van der Waals surface area contributed by atoms with Gasteiger partial charge in [-0.2, -0.15) is 0 Å². The van der Waals surface area contributed by atoms with Crippen LogP contribution in [0.3, 0.4) is 0 Å². The van der Waals surface area contributed by atoms with Gasteiger partial charge in [-0.1, -0.05) is 13.0 Å². The van der Waals surface area contributed by atoms with E-state index in [4.69, 9.17) is 9.15 Å². The molecule has 5 nitrogen and oxygen atoms in total. The highest BCUT2D eigenvalue weighted by atomic mass is 32.1. The third-order valence-electron chi connectivity index (χ3n) is 5.38. The summed E-state index contributed by atoms with van der Waals surface area (Å²) in [6.45, 7) is 4.21. The van der Waals surface area contributed by atoms with Crippen LogP contribution in [0.5, 0.6) is 0 Å². The molecule has 3 aromatic rings. The van der Waals surface area contributed by atoms with Crippen molar-refractivity contribution in [3.05, 3.63) is 51.6 Å². The first-order chi connectivity index (χ1) is 14.1. The zero-order valence-corrected chi connectivity index (χ0v) is 17.6. The fourth-order valence-corrected chi connectivity index (χ4v) is 5.20. The summed E-state index contributed by atoms with van der Waals surface area (Å²) in [6, 6.07) is 6.06. The van der Waals surface area contributed by atoms with Gasteiger partial charge in [0.15, 0.2) is 0 Å². The summed E-state index contributed by atoms with van der Waals surface area (Å²) in [5.41, 5.74) is 4.44. The van der Waals surface area contributed by atoms with Gasteiger partial charge in [0.25, 0.3) is 0 Å². The average Bonchev–Trinajstić information content (AvgIpc) is 3.28. The number of carbonyl (C=O) groups is 2. The van der Waals surface area contributed by atoms with Gasteiger partial charge in [0.2, 0.25) is 5.91 Å². The molecule has 1 N–H and O–H groups in total. The number of anilines is 1. The smallest absolute Gasteiger partial charge is 0.341 e. The molecule has 0 bridgehead atoms. The van der Waals surface area contributed by atoms with Crippen molar-refractivity contribution in [2.45, 2.75) is 52.4 Å². The maximum atomic E-state index is 12.8. The molecule has 1 aromatic carbocycles. The molecule has 152 valence electrons. The van der Waals surface area contributed by atoms with Crippen LogP contribution >= 0.6 is 11.3 Å². The summed E-state index contributed by atoms with van der Waals surface area (Å²) in [5.74, 6) is -0.498. The van der Waals surface area contributed by atoms with Gasteiger partial charge in [0, 0.05) is 15.8 Å². The Kier molecular flexibility index (Phi) is 5.72. The van der Waals surface area contributed by atoms with Crippen LogP contribution in [0, 0.1) is 0 Å². The zero-order chi connectivity index (χ0) is 20.4. The predicted molar refractivity (Wildman–Crippen MR) is 115 cm³/mol. The molecule has 29 heavy (non-hydrogen) atoms. The van der Waals surface area contributed by atoms with Crippen LogP contribution in [0.2, 0.25) is 0 Å². The highest BCUT2D eigenvalue weighted by molar-refractivity contribution is 7.17. The monoisotopic (exact) mass is 411 g/mol. The fraction of sp³-hybridized carbons (Fsp3) is 0.391. The molecule has 0 unspecified atom stereocenters. The van der Waals surface area contributed by atoms with E-state index in [0.29, 0.717) is 17.2 Å². The van der Waals surface area contributed by atoms with Crippen LogP contribution in [0.25, 0.3) is 11.0 Å². The minimum absolute atomic E-state index is 0.154. The quantitative estimate of drug-likeness (QED) is 0.559. The van der Waals surface area contributed by atoms with E-state index in [2.05, 4.69) is 18.3 Å². The van der Waals surface area contributed by atoms with Crippen molar-refractivity contribution in [3.63, 3.8) is 0 Å². The molecule has 0 aliphatic heterocycles. The lowest BCUT2D eigenvalue weighted by atomic mass is 9.95. The van der Waals surface area contributed by atoms with Crippen LogP contribution in [0.15, 0.2) is 28.9 Å². The topological polar surface area (TPSA) is 68.5 Å². The highest BCUT2D eigenvalue weighted by Crippen LogP contribution is 2.38. The molecule has 0 spiro atoms. The van der Waals surface area contributed by atoms with Crippen molar-refractivity contribution in [3.8, 4) is 0 Å². The van der Waals surface area contributed by atoms with Gasteiger partial charge in [-0.3, -0.25) is 4.79 Å². The number of rotatable bonds is 6. The van der Waals surface area contributed by atoms with Crippen molar-refractivity contribution < 1.29 is 18.7 Å². The Morgan fingerprint density at radius 1 is 1.21 bits per heavy atom. The minimum Gasteiger partial charge on any atom is -0.464 e. The number of fused-ring (bicyclic) bond motifs is 2. The van der Waals surface area contributed by atoms with Gasteiger partial charge < -0.3 is 14.5 Å². The summed E-state index contributed by atoms with van der Waals surface area (Å²) in [4.78, 5) is 26.6. The van der Waals surface area contributed by atoms with Crippen molar-refractivity contribution in [2.75, 3.05) is 11.9 Å². The lowest BCUT2D eigenvalue weighted by Crippen LogP contribution is -2.17. The molecule has 4 rings (SSSR count). The van der Waals surface area contributed by atoms with E-state index in [1.807, 2.05) is 12.1 Å². The first-order valence-electron chi connectivity index (χ1n) is 10.2. The number of nitrogens with one attached hydrogen (secondary N) is 1. The van der Waals surface area contributed by atoms with Gasteiger partial charge >= 0.3 is 5.97 Å². The van der Waals surface area contributed by atoms with Crippen LogP contribution < -0.4 is 5.32 Å². The standard InChI is InChI=1S/C23H25NO4S/c1-3-14-9-10-18-17(11-14)15(13-28-18)12-20(25)24-22-21(23(26)27-4-2)16-7-5-6-8-19(16)29-22/h9-11,13H,3-8,12H2,1-2H3,(H,24,25). The lowest BCUT2D eigenvalue weighted by Gasteiger charge is -2.12. The zero-order valence-electron chi connectivity index (χ0n) is 16.8. The maximum absolute atomic E-state index is 12.8. The van der Waals surface area contributed by atoms with Crippen molar-refractivity contribution in [2.24, 2.45) is 0 Å². The van der Waals surface area contributed by atoms with E-state index in [1.54, 1.807) is 13.2 Å². The second-order valence-electron chi connectivity index (χ2n) is 7.31. The van der Waals surface area contributed by atoms with Crippen LogP contribution in [0.1, 0.15) is 58.6 Å². The van der Waals surface area contributed by atoms with Gasteiger partial charge in [0.1, 0.15) is 10.6 Å². The Morgan fingerprint density at radius 3 is 2.83 bits per heavy atom. The van der Waals surface area contributed by atoms with Crippen LogP contribution in [-0.4, -0.2) is 18.5 Å². The highest BCUT2D eigenvalue weighted by Gasteiger charge is 2.27. The summed E-state index contributed by atoms with van der Waals surface area (Å²) in [6.07, 6.45) is 6.77. The number of ether oxygens (including phenoxy) is 1. The molecule has 2 heterocycles. The number of furan rings is 1. The Balaban J connectivity index is 1.59. The third-order valence-corrected chi connectivity index (χ3v) is 6.59. The van der Waals surface area contributed by atoms with Crippen molar-refractivity contribution in [1.82, 2.24) is 0 Å². The van der Waals surface area contributed by atoms with Gasteiger partial charge in [-0.15, -0.1) is 11.3 Å². The predicted octanol–water partition coefficient (Wildman–Crippen LogP) is 5.29. The largest absolute Gasteiger partial charge is 0.464 e. The summed E-state index contributed by atoms with van der Waals surface area (Å²) in [7, 11) is 0. The number of esters is 1. The molecule has 1 aliphatic carbocycles. The second kappa shape index (κ2) is 8.41. The molecule has 0 saturated carbocycles. The van der Waals surface area contributed by atoms with Gasteiger partial charge in [-0.25, -0.2) is 4.79 Å². The Hall–Kier alpha value is -2.60. The molecule has 6 heteroatoms. The minimum atomic E-state index is -0.344. The van der Waals surface area contributed by atoms with Crippen molar-refractivity contribution in [1.29, 1.82) is 0 Å².